The molecule has 0 bridgehead atoms. The van der Waals surface area contributed by atoms with Crippen LogP contribution in [-0.4, -0.2) is 56.9 Å². The maximum Gasteiger partial charge on any atom is 0.306 e. The van der Waals surface area contributed by atoms with Crippen LogP contribution in [0.1, 0.15) is 36.9 Å². The van der Waals surface area contributed by atoms with Crippen LogP contribution in [0.25, 0.3) is 0 Å². The van der Waals surface area contributed by atoms with Crippen molar-refractivity contribution in [3.05, 3.63) is 53.6 Å². The van der Waals surface area contributed by atoms with Gasteiger partial charge in [0, 0.05) is 19.8 Å². The third-order valence-corrected chi connectivity index (χ3v) is 5.77. The molecule has 0 spiro atoms. The van der Waals surface area contributed by atoms with Gasteiger partial charge in [0.2, 0.25) is 0 Å². The molecule has 1 saturated heterocycles. The summed E-state index contributed by atoms with van der Waals surface area (Å²) in [6.45, 7) is 4.02. The molecule has 6 heteroatoms. The number of carbonyl (C=O) groups is 1. The minimum atomic E-state index is -0.690. The zero-order valence-electron chi connectivity index (χ0n) is 18.3. The summed E-state index contributed by atoms with van der Waals surface area (Å²) in [5, 5.41) is 9.38. The highest BCUT2D eigenvalue weighted by atomic mass is 16.5. The van der Waals surface area contributed by atoms with Gasteiger partial charge in [-0.3, -0.25) is 9.69 Å². The molecule has 2 aromatic rings. The lowest BCUT2D eigenvalue weighted by atomic mass is 9.91. The minimum Gasteiger partial charge on any atom is -0.493 e. The van der Waals surface area contributed by atoms with Gasteiger partial charge in [0.15, 0.2) is 11.5 Å². The van der Waals surface area contributed by atoms with E-state index in [1.54, 1.807) is 7.11 Å². The van der Waals surface area contributed by atoms with Crippen LogP contribution in [0.3, 0.4) is 0 Å². The van der Waals surface area contributed by atoms with Gasteiger partial charge in [0.1, 0.15) is 0 Å². The van der Waals surface area contributed by atoms with E-state index in [0.29, 0.717) is 25.2 Å². The van der Waals surface area contributed by atoms with Crippen molar-refractivity contribution >= 4 is 11.7 Å². The van der Waals surface area contributed by atoms with E-state index in [4.69, 9.17) is 9.47 Å². The molecule has 0 aliphatic carbocycles. The fourth-order valence-electron chi connectivity index (χ4n) is 4.10. The van der Waals surface area contributed by atoms with Crippen LogP contribution >= 0.6 is 0 Å². The second-order valence-electron chi connectivity index (χ2n) is 7.88. The molecule has 162 valence electrons. The summed E-state index contributed by atoms with van der Waals surface area (Å²) in [7, 11) is 5.71. The molecule has 0 radical (unpaired) electrons. The number of hydrogen-bond acceptors (Lipinski definition) is 5. The van der Waals surface area contributed by atoms with Gasteiger partial charge in [-0.1, -0.05) is 18.2 Å². The number of nitrogens with zero attached hydrogens (tertiary/aromatic N) is 2. The van der Waals surface area contributed by atoms with Gasteiger partial charge < -0.3 is 19.5 Å². The Morgan fingerprint density at radius 3 is 2.27 bits per heavy atom. The molecule has 1 heterocycles. The van der Waals surface area contributed by atoms with Crippen molar-refractivity contribution in [3.63, 3.8) is 0 Å². The number of piperidine rings is 1. The first-order chi connectivity index (χ1) is 14.4. The first-order valence-electron chi connectivity index (χ1n) is 10.5. The van der Waals surface area contributed by atoms with E-state index in [0.717, 1.165) is 30.1 Å². The molecule has 3 rings (SSSR count). The predicted molar refractivity (Wildman–Crippen MR) is 119 cm³/mol. The predicted octanol–water partition coefficient (Wildman–Crippen LogP) is 4.05. The van der Waals surface area contributed by atoms with Gasteiger partial charge in [0.25, 0.3) is 0 Å². The first kappa shape index (κ1) is 22.0. The Kier molecular flexibility index (Phi) is 7.21. The van der Waals surface area contributed by atoms with Crippen molar-refractivity contribution in [2.45, 2.75) is 25.8 Å². The van der Waals surface area contributed by atoms with E-state index in [2.05, 4.69) is 40.1 Å². The third kappa shape index (κ3) is 4.87. The number of rotatable bonds is 8. The van der Waals surface area contributed by atoms with Crippen LogP contribution in [0.5, 0.6) is 11.5 Å². The highest BCUT2D eigenvalue weighted by Gasteiger charge is 2.30. The van der Waals surface area contributed by atoms with Gasteiger partial charge in [-0.2, -0.15) is 0 Å². The minimum absolute atomic E-state index is 0.0283. The molecule has 30 heavy (non-hydrogen) atoms. The van der Waals surface area contributed by atoms with E-state index in [1.807, 2.05) is 33.2 Å². The Morgan fingerprint density at radius 1 is 1.10 bits per heavy atom. The number of carboxylic acids is 1. The Balaban J connectivity index is 1.96. The molecule has 1 unspecified atom stereocenters. The quantitative estimate of drug-likeness (QED) is 0.706. The molecule has 1 fully saturated rings. The van der Waals surface area contributed by atoms with E-state index in [-0.39, 0.29) is 12.0 Å². The van der Waals surface area contributed by atoms with Crippen molar-refractivity contribution in [2.75, 3.05) is 45.8 Å². The molecule has 1 N–H and O–H groups in total. The van der Waals surface area contributed by atoms with Gasteiger partial charge >= 0.3 is 5.97 Å². The maximum absolute atomic E-state index is 11.4. The number of carboxylic acid groups (broad SMARTS) is 1. The number of aliphatic carboxylic acids is 1. The number of anilines is 1. The fourth-order valence-corrected chi connectivity index (χ4v) is 4.10. The van der Waals surface area contributed by atoms with Crippen LogP contribution in [0.15, 0.2) is 42.5 Å². The summed E-state index contributed by atoms with van der Waals surface area (Å²) in [4.78, 5) is 15.9. The smallest absolute Gasteiger partial charge is 0.306 e. The summed E-state index contributed by atoms with van der Waals surface area (Å²) >= 11 is 0. The molecule has 1 aliphatic rings. The normalized spacial score (nSPS) is 16.1. The molecule has 1 atom stereocenters. The Bertz CT molecular complexity index is 843. The van der Waals surface area contributed by atoms with Crippen LogP contribution < -0.4 is 14.4 Å². The Morgan fingerprint density at radius 2 is 1.73 bits per heavy atom. The van der Waals surface area contributed by atoms with Crippen molar-refractivity contribution in [1.29, 1.82) is 0 Å². The number of hydrogen-bond donors (Lipinski definition) is 1. The number of ether oxygens (including phenoxy) is 2. The Labute approximate surface area is 179 Å². The molecule has 2 aromatic carbocycles. The Hall–Kier alpha value is -2.73. The van der Waals surface area contributed by atoms with Crippen molar-refractivity contribution in [3.8, 4) is 11.5 Å². The van der Waals surface area contributed by atoms with E-state index < -0.39 is 5.97 Å². The molecule has 1 aliphatic heterocycles. The molecule has 0 aromatic heterocycles. The van der Waals surface area contributed by atoms with Gasteiger partial charge in [0.05, 0.1) is 25.7 Å². The van der Waals surface area contributed by atoms with Crippen molar-refractivity contribution < 1.29 is 19.4 Å². The summed E-state index contributed by atoms with van der Waals surface area (Å²) in [6, 6.07) is 14.7. The lowest BCUT2D eigenvalue weighted by Gasteiger charge is -2.37. The highest BCUT2D eigenvalue weighted by molar-refractivity contribution is 5.70. The average Bonchev–Trinajstić information content (AvgIpc) is 2.75. The topological polar surface area (TPSA) is 62.2 Å². The molecule has 0 saturated carbocycles. The lowest BCUT2D eigenvalue weighted by molar-refractivity contribution is -0.143. The second kappa shape index (κ2) is 9.85. The largest absolute Gasteiger partial charge is 0.493 e. The zero-order valence-corrected chi connectivity index (χ0v) is 18.3. The van der Waals surface area contributed by atoms with E-state index in [1.165, 1.54) is 5.56 Å². The van der Waals surface area contributed by atoms with Gasteiger partial charge in [-0.05, 0) is 68.2 Å². The SMILES string of the molecule is CCOc1ccc(C(c2ccc(N(C)C)cc2)N2CCC(C(=O)O)CC2)cc1OC. The lowest BCUT2D eigenvalue weighted by Crippen LogP contribution is -2.39. The van der Waals surface area contributed by atoms with Crippen LogP contribution in [0.2, 0.25) is 0 Å². The first-order valence-corrected chi connectivity index (χ1v) is 10.5. The van der Waals surface area contributed by atoms with Crippen LogP contribution in [-0.2, 0) is 4.79 Å². The summed E-state index contributed by atoms with van der Waals surface area (Å²) in [6.07, 6.45) is 1.32. The highest BCUT2D eigenvalue weighted by Crippen LogP contribution is 2.37. The number of benzene rings is 2. The monoisotopic (exact) mass is 412 g/mol. The maximum atomic E-state index is 11.4. The molecular formula is C24H32N2O4. The van der Waals surface area contributed by atoms with E-state index >= 15 is 0 Å². The van der Waals surface area contributed by atoms with Crippen LogP contribution in [0.4, 0.5) is 5.69 Å². The van der Waals surface area contributed by atoms with E-state index in [9.17, 15) is 9.90 Å². The van der Waals surface area contributed by atoms with Gasteiger partial charge in [-0.25, -0.2) is 0 Å². The molecular weight excluding hydrogens is 380 g/mol. The summed E-state index contributed by atoms with van der Waals surface area (Å²) in [5.74, 6) is 0.497. The zero-order chi connectivity index (χ0) is 21.7. The van der Waals surface area contributed by atoms with Crippen molar-refractivity contribution in [1.82, 2.24) is 4.90 Å². The van der Waals surface area contributed by atoms with Crippen LogP contribution in [0, 0.1) is 5.92 Å². The fraction of sp³-hybridized carbons (Fsp3) is 0.458. The molecule has 6 nitrogen and oxygen atoms in total. The second-order valence-corrected chi connectivity index (χ2v) is 7.88. The average molecular weight is 413 g/mol. The number of methoxy groups -OCH3 is 1. The number of likely N-dealkylation sites (tertiary alicyclic amines) is 1. The summed E-state index contributed by atoms with van der Waals surface area (Å²) in [5.41, 5.74) is 3.44. The standard InChI is InChI=1S/C24H32N2O4/c1-5-30-21-11-8-19(16-22(21)29-4)23(17-6-9-20(10-7-17)25(2)3)26-14-12-18(13-15-26)24(27)28/h6-11,16,18,23H,5,12-15H2,1-4H3,(H,27,28). The summed E-state index contributed by atoms with van der Waals surface area (Å²) < 4.78 is 11.3. The third-order valence-electron chi connectivity index (χ3n) is 5.77. The van der Waals surface area contributed by atoms with Crippen molar-refractivity contribution in [2.24, 2.45) is 5.92 Å². The van der Waals surface area contributed by atoms with Gasteiger partial charge in [-0.15, -0.1) is 0 Å². The molecule has 0 amide bonds.